The van der Waals surface area contributed by atoms with Crippen LogP contribution in [0.1, 0.15) is 113 Å². The topological polar surface area (TPSA) is 111 Å². The van der Waals surface area contributed by atoms with Gasteiger partial charge in [0.25, 0.3) is 0 Å². The smallest absolute Gasteiger partial charge is 0.217 e. The standard InChI is InChI=1S/C39H66N2O6/c1-23(2)27-15-18-39(9)30(13-12-28-31-25(4)24(3)14-17-36(31,6)19-20-38(28,39)8)37(27,7)16-11-21-41(46-10)35-32(40-26(5)43)34(45)33(44)29(22-42)47-35/h12,24-25,27,29-35,42,44-45H,1,11,13-22H2,2-10H3,(H,40,43)/t24-,25+,27+,29-,30-,31+,32-,33-,34-,35-,36-,37+,38-,39-/m1/s1. The number of nitrogens with zero attached hydrogens (tertiary/aromatic N) is 1. The number of fused-ring (bicyclic) bond motifs is 5. The normalized spacial score (nSPS) is 48.1. The number of aliphatic hydroxyl groups excluding tert-OH is 3. The summed E-state index contributed by atoms with van der Waals surface area (Å²) in [5, 5.41) is 35.7. The van der Waals surface area contributed by atoms with E-state index in [0.717, 1.165) is 31.6 Å². The average Bonchev–Trinajstić information content (AvgIpc) is 3.01. The van der Waals surface area contributed by atoms with Gasteiger partial charge in [0.05, 0.1) is 19.8 Å². The lowest BCUT2D eigenvalue weighted by atomic mass is 9.35. The van der Waals surface area contributed by atoms with Gasteiger partial charge in [0.1, 0.15) is 18.3 Å². The number of allylic oxidation sites excluding steroid dienone is 3. The van der Waals surface area contributed by atoms with Crippen LogP contribution in [0.2, 0.25) is 0 Å². The molecule has 1 heterocycles. The van der Waals surface area contributed by atoms with Crippen LogP contribution in [0.3, 0.4) is 0 Å². The molecule has 0 bridgehead atoms. The van der Waals surface area contributed by atoms with Crippen molar-refractivity contribution in [2.75, 3.05) is 20.3 Å². The van der Waals surface area contributed by atoms with Crippen molar-refractivity contribution in [2.24, 2.45) is 51.2 Å². The van der Waals surface area contributed by atoms with Gasteiger partial charge < -0.3 is 25.4 Å². The fraction of sp³-hybridized carbons (Fsp3) is 0.872. The number of ether oxygens (including phenoxy) is 1. The van der Waals surface area contributed by atoms with Crippen molar-refractivity contribution >= 4 is 5.91 Å². The van der Waals surface area contributed by atoms with Gasteiger partial charge in [-0.25, -0.2) is 0 Å². The number of carbonyl (C=O) groups excluding carboxylic acids is 1. The van der Waals surface area contributed by atoms with E-state index in [1.54, 1.807) is 17.7 Å². The zero-order valence-corrected chi connectivity index (χ0v) is 30.8. The Morgan fingerprint density at radius 2 is 1.79 bits per heavy atom. The molecule has 268 valence electrons. The summed E-state index contributed by atoms with van der Waals surface area (Å²) < 4.78 is 6.06. The minimum atomic E-state index is -1.33. The van der Waals surface area contributed by atoms with E-state index >= 15 is 0 Å². The predicted molar refractivity (Wildman–Crippen MR) is 185 cm³/mol. The van der Waals surface area contributed by atoms with Gasteiger partial charge in [-0.3, -0.25) is 9.63 Å². The van der Waals surface area contributed by atoms with E-state index in [2.05, 4.69) is 66.4 Å². The lowest BCUT2D eigenvalue weighted by Gasteiger charge is -2.69. The van der Waals surface area contributed by atoms with Crippen LogP contribution in [-0.4, -0.2) is 77.1 Å². The number of hydroxylamine groups is 2. The highest BCUT2D eigenvalue weighted by molar-refractivity contribution is 5.73. The van der Waals surface area contributed by atoms with Crippen molar-refractivity contribution in [2.45, 2.75) is 144 Å². The first-order valence-corrected chi connectivity index (χ1v) is 18.6. The quantitative estimate of drug-likeness (QED) is 0.178. The van der Waals surface area contributed by atoms with E-state index in [1.807, 2.05) is 0 Å². The summed E-state index contributed by atoms with van der Waals surface area (Å²) in [7, 11) is 1.56. The highest BCUT2D eigenvalue weighted by Gasteiger charge is 2.65. The molecule has 4 fully saturated rings. The Hall–Kier alpha value is -1.29. The summed E-state index contributed by atoms with van der Waals surface area (Å²) in [6.07, 6.45) is 8.82. The summed E-state index contributed by atoms with van der Waals surface area (Å²) in [6, 6.07) is -0.911. The molecule has 0 radical (unpaired) electrons. The van der Waals surface area contributed by atoms with Gasteiger partial charge in [0.2, 0.25) is 5.91 Å². The molecular weight excluding hydrogens is 592 g/mol. The molecule has 1 amide bonds. The van der Waals surface area contributed by atoms with Crippen LogP contribution < -0.4 is 5.32 Å². The number of hydrogen-bond acceptors (Lipinski definition) is 7. The molecule has 1 saturated heterocycles. The molecule has 1 aliphatic heterocycles. The van der Waals surface area contributed by atoms with Crippen LogP contribution in [-0.2, 0) is 14.4 Å². The molecule has 3 saturated carbocycles. The van der Waals surface area contributed by atoms with Crippen molar-refractivity contribution in [1.29, 1.82) is 0 Å². The first kappa shape index (κ1) is 37.0. The lowest BCUT2D eigenvalue weighted by molar-refractivity contribution is -0.305. The third-order valence-corrected chi connectivity index (χ3v) is 15.1. The molecule has 0 unspecified atom stereocenters. The second-order valence-corrected chi connectivity index (χ2v) is 17.5. The molecule has 8 heteroatoms. The van der Waals surface area contributed by atoms with E-state index in [4.69, 9.17) is 9.57 Å². The van der Waals surface area contributed by atoms with E-state index in [1.165, 1.54) is 44.6 Å². The van der Waals surface area contributed by atoms with Crippen molar-refractivity contribution in [3.05, 3.63) is 23.8 Å². The van der Waals surface area contributed by atoms with Crippen molar-refractivity contribution in [3.63, 3.8) is 0 Å². The summed E-state index contributed by atoms with van der Waals surface area (Å²) in [5.74, 6) is 2.75. The highest BCUT2D eigenvalue weighted by Crippen LogP contribution is 2.74. The molecule has 5 aliphatic rings. The van der Waals surface area contributed by atoms with Crippen LogP contribution in [0, 0.1) is 51.2 Å². The Kier molecular flexibility index (Phi) is 10.6. The van der Waals surface area contributed by atoms with Gasteiger partial charge in [0.15, 0.2) is 6.23 Å². The number of nitrogens with one attached hydrogen (secondary N) is 1. The van der Waals surface area contributed by atoms with E-state index in [0.29, 0.717) is 35.6 Å². The molecule has 0 aromatic rings. The fourth-order valence-corrected chi connectivity index (χ4v) is 12.1. The molecule has 4 aliphatic carbocycles. The summed E-state index contributed by atoms with van der Waals surface area (Å²) in [6.45, 7) is 23.6. The molecule has 47 heavy (non-hydrogen) atoms. The molecule has 4 N–H and O–H groups in total. The zero-order chi connectivity index (χ0) is 34.7. The van der Waals surface area contributed by atoms with Crippen LogP contribution in [0.25, 0.3) is 0 Å². The van der Waals surface area contributed by atoms with E-state index < -0.39 is 37.2 Å². The number of carbonyl (C=O) groups is 1. The summed E-state index contributed by atoms with van der Waals surface area (Å²) in [5.41, 5.74) is 3.87. The minimum absolute atomic E-state index is 0.0311. The molecule has 14 atom stereocenters. The largest absolute Gasteiger partial charge is 0.394 e. The molecule has 8 nitrogen and oxygen atoms in total. The zero-order valence-electron chi connectivity index (χ0n) is 30.8. The maximum atomic E-state index is 12.1. The van der Waals surface area contributed by atoms with Crippen molar-refractivity contribution in [1.82, 2.24) is 10.4 Å². The fourth-order valence-electron chi connectivity index (χ4n) is 12.1. The van der Waals surface area contributed by atoms with E-state index in [-0.39, 0.29) is 22.2 Å². The van der Waals surface area contributed by atoms with Gasteiger partial charge in [-0.2, -0.15) is 5.06 Å². The van der Waals surface area contributed by atoms with Gasteiger partial charge in [-0.15, -0.1) is 0 Å². The van der Waals surface area contributed by atoms with Gasteiger partial charge >= 0.3 is 0 Å². The molecular formula is C39H66N2O6. The van der Waals surface area contributed by atoms with Crippen LogP contribution >= 0.6 is 0 Å². The van der Waals surface area contributed by atoms with Gasteiger partial charge in [0, 0.05) is 13.5 Å². The third kappa shape index (κ3) is 5.99. The molecule has 5 rings (SSSR count). The Morgan fingerprint density at radius 1 is 1.09 bits per heavy atom. The van der Waals surface area contributed by atoms with Crippen LogP contribution in [0.15, 0.2) is 23.8 Å². The van der Waals surface area contributed by atoms with Crippen molar-refractivity contribution < 1.29 is 29.7 Å². The summed E-state index contributed by atoms with van der Waals surface area (Å²) >= 11 is 0. The SMILES string of the molecule is C=C(C)[C@@H]1CC[C@]2(C)[C@H](CC=C3[C@@H]4[C@@H](C)[C@H](C)CC[C@]4(C)CC[C@]32C)[C@@]1(C)CCCN(OC)[C@@H]1O[C@H](CO)[C@@H](O)[C@H](O)[C@H]1NC(C)=O. The molecule has 0 aromatic carbocycles. The maximum absolute atomic E-state index is 12.1. The van der Waals surface area contributed by atoms with Crippen LogP contribution in [0.4, 0.5) is 0 Å². The second-order valence-electron chi connectivity index (χ2n) is 17.5. The Balaban J connectivity index is 1.42. The molecule has 0 spiro atoms. The monoisotopic (exact) mass is 658 g/mol. The van der Waals surface area contributed by atoms with Gasteiger partial charge in [-0.1, -0.05) is 65.3 Å². The Labute approximate surface area is 284 Å². The first-order chi connectivity index (χ1) is 22.0. The highest BCUT2D eigenvalue weighted by atomic mass is 16.7. The summed E-state index contributed by atoms with van der Waals surface area (Å²) in [4.78, 5) is 17.9. The molecule has 0 aromatic heterocycles. The van der Waals surface area contributed by atoms with Crippen molar-refractivity contribution in [3.8, 4) is 0 Å². The maximum Gasteiger partial charge on any atom is 0.217 e. The predicted octanol–water partition coefficient (Wildman–Crippen LogP) is 6.01. The average molecular weight is 659 g/mol. The van der Waals surface area contributed by atoms with E-state index in [9.17, 15) is 20.1 Å². The number of amides is 1. The van der Waals surface area contributed by atoms with Crippen LogP contribution in [0.5, 0.6) is 0 Å². The van der Waals surface area contributed by atoms with Gasteiger partial charge in [-0.05, 0) is 116 Å². The number of hydrogen-bond donors (Lipinski definition) is 4. The Morgan fingerprint density at radius 3 is 2.40 bits per heavy atom. The lowest BCUT2D eigenvalue weighted by Crippen LogP contribution is -2.68. The first-order valence-electron chi connectivity index (χ1n) is 18.6. The number of rotatable bonds is 9. The number of aliphatic hydroxyl groups is 3. The minimum Gasteiger partial charge on any atom is -0.394 e. The third-order valence-electron chi connectivity index (χ3n) is 15.1. The Bertz CT molecular complexity index is 1210. The second kappa shape index (κ2) is 13.4.